The van der Waals surface area contributed by atoms with Gasteiger partial charge in [0.2, 0.25) is 11.8 Å². The van der Waals surface area contributed by atoms with Crippen LogP contribution >= 0.6 is 0 Å². The fraction of sp³-hybridized carbons (Fsp3) is 0.200. The van der Waals surface area contributed by atoms with Crippen LogP contribution in [0.5, 0.6) is 5.88 Å². The van der Waals surface area contributed by atoms with Gasteiger partial charge in [0.05, 0.1) is 5.56 Å². The average Bonchev–Trinajstić information content (AvgIpc) is 2.47. The fourth-order valence-corrected chi connectivity index (χ4v) is 1.76. The molecule has 1 aromatic carbocycles. The molecule has 104 valence electrons. The van der Waals surface area contributed by atoms with Gasteiger partial charge in [0.15, 0.2) is 0 Å². The summed E-state index contributed by atoms with van der Waals surface area (Å²) in [6.45, 7) is 0. The van der Waals surface area contributed by atoms with E-state index in [1.807, 2.05) is 30.3 Å². The van der Waals surface area contributed by atoms with E-state index in [4.69, 9.17) is 16.2 Å². The number of ether oxygens (including phenoxy) is 1. The van der Waals surface area contributed by atoms with Gasteiger partial charge in [-0.3, -0.25) is 10.5 Å². The molecule has 5 heteroatoms. The van der Waals surface area contributed by atoms with Crippen molar-refractivity contribution in [3.8, 4) is 5.88 Å². The van der Waals surface area contributed by atoms with E-state index in [0.29, 0.717) is 17.9 Å². The van der Waals surface area contributed by atoms with Crippen molar-refractivity contribution in [2.45, 2.75) is 19.1 Å². The van der Waals surface area contributed by atoms with E-state index in [1.54, 1.807) is 12.1 Å². The molecule has 2 aromatic rings. The van der Waals surface area contributed by atoms with Gasteiger partial charge in [0, 0.05) is 18.7 Å². The first-order valence-electron chi connectivity index (χ1n) is 6.37. The smallest absolute Gasteiger partial charge is 0.250 e. The summed E-state index contributed by atoms with van der Waals surface area (Å²) in [6, 6.07) is 13.2. The fourth-order valence-electron chi connectivity index (χ4n) is 1.76. The molecular weight excluding hydrogens is 254 g/mol. The second-order valence-electron chi connectivity index (χ2n) is 4.43. The van der Waals surface area contributed by atoms with Crippen LogP contribution in [0.15, 0.2) is 48.7 Å². The Labute approximate surface area is 117 Å². The van der Waals surface area contributed by atoms with Gasteiger partial charge < -0.3 is 10.5 Å². The number of benzene rings is 1. The average molecular weight is 271 g/mol. The van der Waals surface area contributed by atoms with E-state index in [2.05, 4.69) is 4.98 Å². The van der Waals surface area contributed by atoms with Crippen molar-refractivity contribution in [2.24, 2.45) is 11.5 Å². The molecule has 0 saturated heterocycles. The molecule has 0 radical (unpaired) electrons. The number of carbonyl (C=O) groups is 1. The number of nitrogens with zero attached hydrogens (tertiary/aromatic N) is 1. The van der Waals surface area contributed by atoms with E-state index >= 15 is 0 Å². The van der Waals surface area contributed by atoms with Crippen LogP contribution in [0.25, 0.3) is 0 Å². The number of amides is 1. The number of hydrogen-bond donors (Lipinski definition) is 2. The number of pyridine rings is 1. The van der Waals surface area contributed by atoms with E-state index in [0.717, 1.165) is 6.42 Å². The van der Waals surface area contributed by atoms with E-state index in [1.165, 1.54) is 11.8 Å². The lowest BCUT2D eigenvalue weighted by Gasteiger charge is -2.13. The highest BCUT2D eigenvalue weighted by molar-refractivity contribution is 5.92. The second kappa shape index (κ2) is 6.68. The molecule has 0 spiro atoms. The first-order valence-corrected chi connectivity index (χ1v) is 6.37. The zero-order valence-electron chi connectivity index (χ0n) is 11.0. The normalized spacial score (nSPS) is 11.8. The van der Waals surface area contributed by atoms with Crippen LogP contribution in [-0.2, 0) is 6.42 Å². The highest BCUT2D eigenvalue weighted by Gasteiger charge is 2.07. The van der Waals surface area contributed by atoms with Gasteiger partial charge in [-0.15, -0.1) is 0 Å². The van der Waals surface area contributed by atoms with Crippen LogP contribution in [0.1, 0.15) is 22.3 Å². The van der Waals surface area contributed by atoms with Crippen LogP contribution in [0, 0.1) is 0 Å². The van der Waals surface area contributed by atoms with Gasteiger partial charge in [-0.05, 0) is 18.1 Å². The lowest BCUT2D eigenvalue weighted by atomic mass is 10.1. The van der Waals surface area contributed by atoms with E-state index < -0.39 is 12.1 Å². The molecule has 5 nitrogen and oxygen atoms in total. The van der Waals surface area contributed by atoms with Gasteiger partial charge in [-0.2, -0.15) is 0 Å². The van der Waals surface area contributed by atoms with Crippen LogP contribution in [0.2, 0.25) is 0 Å². The molecule has 0 bridgehead atoms. The Hall–Kier alpha value is -2.40. The number of carbonyl (C=O) groups excluding carboxylic acids is 1. The van der Waals surface area contributed by atoms with Crippen molar-refractivity contribution in [1.82, 2.24) is 4.98 Å². The summed E-state index contributed by atoms with van der Waals surface area (Å²) in [5, 5.41) is 0. The van der Waals surface area contributed by atoms with E-state index in [-0.39, 0.29) is 0 Å². The molecule has 0 saturated carbocycles. The highest BCUT2D eigenvalue weighted by Crippen LogP contribution is 2.11. The zero-order valence-corrected chi connectivity index (χ0v) is 11.0. The quantitative estimate of drug-likeness (QED) is 0.778. The monoisotopic (exact) mass is 271 g/mol. The Morgan fingerprint density at radius 2 is 1.95 bits per heavy atom. The molecule has 0 aliphatic carbocycles. The van der Waals surface area contributed by atoms with Crippen molar-refractivity contribution in [1.29, 1.82) is 0 Å². The van der Waals surface area contributed by atoms with Crippen LogP contribution in [0.4, 0.5) is 0 Å². The van der Waals surface area contributed by atoms with Gasteiger partial charge in [0.25, 0.3) is 0 Å². The Morgan fingerprint density at radius 1 is 1.20 bits per heavy atom. The molecule has 0 aliphatic heterocycles. The van der Waals surface area contributed by atoms with Crippen molar-refractivity contribution in [3.05, 3.63) is 59.8 Å². The number of nitrogens with two attached hydrogens (primary N) is 2. The van der Waals surface area contributed by atoms with Crippen LogP contribution in [0.3, 0.4) is 0 Å². The number of rotatable bonds is 6. The van der Waals surface area contributed by atoms with Crippen molar-refractivity contribution in [3.63, 3.8) is 0 Å². The summed E-state index contributed by atoms with van der Waals surface area (Å²) in [5.74, 6) is -0.131. The van der Waals surface area contributed by atoms with E-state index in [9.17, 15) is 4.79 Å². The predicted octanol–water partition coefficient (Wildman–Crippen LogP) is 1.48. The minimum Gasteiger partial charge on any atom is -0.459 e. The van der Waals surface area contributed by atoms with Crippen molar-refractivity contribution in [2.75, 3.05) is 0 Å². The first kappa shape index (κ1) is 14.0. The number of aromatic nitrogens is 1. The molecule has 0 aliphatic rings. The summed E-state index contributed by atoms with van der Waals surface area (Å²) in [7, 11) is 0. The summed E-state index contributed by atoms with van der Waals surface area (Å²) < 4.78 is 5.49. The Balaban J connectivity index is 1.85. The summed E-state index contributed by atoms with van der Waals surface area (Å²) >= 11 is 0. The Kier molecular flexibility index (Phi) is 4.68. The highest BCUT2D eigenvalue weighted by atomic mass is 16.5. The third-order valence-electron chi connectivity index (χ3n) is 2.85. The zero-order chi connectivity index (χ0) is 14.4. The molecular formula is C15H17N3O2. The van der Waals surface area contributed by atoms with Gasteiger partial charge in [-0.1, -0.05) is 30.3 Å². The first-order chi connectivity index (χ1) is 9.65. The topological polar surface area (TPSA) is 91.2 Å². The van der Waals surface area contributed by atoms with Crippen molar-refractivity contribution >= 4 is 5.91 Å². The number of aryl methyl sites for hydroxylation is 1. The van der Waals surface area contributed by atoms with Crippen molar-refractivity contribution < 1.29 is 9.53 Å². The van der Waals surface area contributed by atoms with Gasteiger partial charge >= 0.3 is 0 Å². The molecule has 2 rings (SSSR count). The molecule has 1 aromatic heterocycles. The minimum atomic E-state index is -0.516. The predicted molar refractivity (Wildman–Crippen MR) is 76.1 cm³/mol. The maximum Gasteiger partial charge on any atom is 0.250 e. The SMILES string of the molecule is NC(=O)c1ccc(OC(N)CCc2ccccc2)nc1. The lowest BCUT2D eigenvalue weighted by molar-refractivity contribution is 0.1000. The third-order valence-corrected chi connectivity index (χ3v) is 2.85. The minimum absolute atomic E-state index is 0.343. The summed E-state index contributed by atoms with van der Waals surface area (Å²) in [4.78, 5) is 14.9. The molecule has 1 heterocycles. The maximum atomic E-state index is 10.9. The molecule has 1 unspecified atom stereocenters. The Bertz CT molecular complexity index is 555. The standard InChI is InChI=1S/C15H17N3O2/c16-13(8-6-11-4-2-1-3-5-11)20-14-9-7-12(10-18-14)15(17)19/h1-5,7,9-10,13H,6,8,16H2,(H2,17,19). The Morgan fingerprint density at radius 3 is 2.55 bits per heavy atom. The van der Waals surface area contributed by atoms with Crippen LogP contribution in [-0.4, -0.2) is 17.1 Å². The third kappa shape index (κ3) is 4.07. The summed E-state index contributed by atoms with van der Waals surface area (Å²) in [5.41, 5.74) is 12.6. The number of primary amides is 1. The lowest BCUT2D eigenvalue weighted by Crippen LogP contribution is -2.28. The van der Waals surface area contributed by atoms with Gasteiger partial charge in [-0.25, -0.2) is 4.98 Å². The second-order valence-corrected chi connectivity index (χ2v) is 4.43. The molecule has 4 N–H and O–H groups in total. The number of hydrogen-bond acceptors (Lipinski definition) is 4. The summed E-state index contributed by atoms with van der Waals surface area (Å²) in [6.07, 6.45) is 2.45. The largest absolute Gasteiger partial charge is 0.459 e. The maximum absolute atomic E-state index is 10.9. The molecule has 1 atom stereocenters. The molecule has 0 fully saturated rings. The molecule has 20 heavy (non-hydrogen) atoms. The molecule has 1 amide bonds. The van der Waals surface area contributed by atoms with Crippen LogP contribution < -0.4 is 16.2 Å². The van der Waals surface area contributed by atoms with Gasteiger partial charge in [0.1, 0.15) is 6.23 Å².